The molecular formula is C28H39N3O3. The molecule has 1 amide bonds. The summed E-state index contributed by atoms with van der Waals surface area (Å²) in [6, 6.07) is 6.50. The second-order valence-corrected chi connectivity index (χ2v) is 11.8. The van der Waals surface area contributed by atoms with E-state index in [9.17, 15) is 4.79 Å². The van der Waals surface area contributed by atoms with Crippen molar-refractivity contribution in [3.8, 4) is 5.75 Å². The topological polar surface area (TPSA) is 46.9 Å². The van der Waals surface area contributed by atoms with Gasteiger partial charge >= 0.3 is 0 Å². The Morgan fingerprint density at radius 2 is 1.91 bits per heavy atom. The molecule has 0 spiro atoms. The van der Waals surface area contributed by atoms with Gasteiger partial charge in [-0.3, -0.25) is 9.69 Å². The third-order valence-corrected chi connectivity index (χ3v) is 9.69. The third-order valence-electron chi connectivity index (χ3n) is 9.69. The van der Waals surface area contributed by atoms with Crippen molar-refractivity contribution in [3.63, 3.8) is 0 Å². The summed E-state index contributed by atoms with van der Waals surface area (Å²) in [6.07, 6.45) is 4.73. The highest BCUT2D eigenvalue weighted by molar-refractivity contribution is 6.10. The highest BCUT2D eigenvalue weighted by atomic mass is 16.5. The second-order valence-electron chi connectivity index (χ2n) is 11.8. The van der Waals surface area contributed by atoms with Crippen molar-refractivity contribution in [2.24, 2.45) is 16.7 Å². The Balaban J connectivity index is 1.40. The summed E-state index contributed by atoms with van der Waals surface area (Å²) >= 11 is 0. The van der Waals surface area contributed by atoms with E-state index in [1.165, 1.54) is 25.0 Å². The molecule has 6 heteroatoms. The van der Waals surface area contributed by atoms with E-state index in [0.29, 0.717) is 6.04 Å². The van der Waals surface area contributed by atoms with Gasteiger partial charge in [0.05, 0.1) is 31.4 Å². The van der Waals surface area contributed by atoms with Crippen LogP contribution in [0.1, 0.15) is 56.1 Å². The highest BCUT2D eigenvalue weighted by Crippen LogP contribution is 2.64. The molecule has 1 saturated heterocycles. The SMILES string of the molecule is COc1cccc2c3c(n(CCN4CCOCC4)c12)CCN(C1C(C)(C)[C@@H]2CC[C@@]1(C)C2)C3=O. The van der Waals surface area contributed by atoms with E-state index >= 15 is 0 Å². The Morgan fingerprint density at radius 3 is 2.62 bits per heavy atom. The Kier molecular flexibility index (Phi) is 5.27. The average molecular weight is 466 g/mol. The van der Waals surface area contributed by atoms with Gasteiger partial charge in [-0.1, -0.05) is 32.9 Å². The zero-order valence-corrected chi connectivity index (χ0v) is 21.2. The maximum Gasteiger partial charge on any atom is 0.256 e. The lowest BCUT2D eigenvalue weighted by atomic mass is 9.67. The summed E-state index contributed by atoms with van der Waals surface area (Å²) < 4.78 is 13.7. The summed E-state index contributed by atoms with van der Waals surface area (Å²) in [5.41, 5.74) is 3.61. The molecule has 6 nitrogen and oxygen atoms in total. The molecule has 1 unspecified atom stereocenters. The number of para-hydroxylation sites is 1. The van der Waals surface area contributed by atoms with E-state index in [4.69, 9.17) is 9.47 Å². The van der Waals surface area contributed by atoms with Gasteiger partial charge < -0.3 is 18.9 Å². The minimum absolute atomic E-state index is 0.173. The standard InChI is InChI=1S/C28H39N3O3/c1-27(2)19-8-10-28(3,18-19)26(27)31-11-9-21-23(25(31)32)20-6-5-7-22(33-4)24(20)30(21)13-12-29-14-16-34-17-15-29/h5-7,19,26H,8-18H2,1-4H3/t19-,26?,28+/m1/s1. The van der Waals surface area contributed by atoms with Crippen molar-refractivity contribution in [2.75, 3.05) is 46.5 Å². The molecule has 1 aromatic carbocycles. The zero-order valence-electron chi connectivity index (χ0n) is 21.2. The molecule has 2 aromatic rings. The first-order valence-corrected chi connectivity index (χ1v) is 13.1. The maximum absolute atomic E-state index is 14.3. The number of fused-ring (bicyclic) bond motifs is 5. The van der Waals surface area contributed by atoms with Gasteiger partial charge in [-0.05, 0) is 42.1 Å². The fraction of sp³-hybridized carbons (Fsp3) is 0.679. The van der Waals surface area contributed by atoms with Gasteiger partial charge in [-0.15, -0.1) is 0 Å². The monoisotopic (exact) mass is 465 g/mol. The predicted molar refractivity (Wildman–Crippen MR) is 134 cm³/mol. The maximum atomic E-state index is 14.3. The molecule has 0 radical (unpaired) electrons. The zero-order chi connectivity index (χ0) is 23.7. The lowest BCUT2D eigenvalue weighted by Gasteiger charge is -2.50. The number of carbonyl (C=O) groups excluding carboxylic acids is 1. The smallest absolute Gasteiger partial charge is 0.256 e. The molecule has 34 heavy (non-hydrogen) atoms. The molecule has 1 aromatic heterocycles. The van der Waals surface area contributed by atoms with Crippen LogP contribution in [0.3, 0.4) is 0 Å². The van der Waals surface area contributed by atoms with Crippen molar-refractivity contribution in [1.82, 2.24) is 14.4 Å². The van der Waals surface area contributed by atoms with Crippen LogP contribution >= 0.6 is 0 Å². The van der Waals surface area contributed by atoms with Gasteiger partial charge in [0.1, 0.15) is 5.75 Å². The number of amides is 1. The van der Waals surface area contributed by atoms with Gasteiger partial charge in [0.2, 0.25) is 0 Å². The van der Waals surface area contributed by atoms with Gasteiger partial charge in [-0.2, -0.15) is 0 Å². The van der Waals surface area contributed by atoms with Crippen LogP contribution in [0.2, 0.25) is 0 Å². The minimum Gasteiger partial charge on any atom is -0.495 e. The van der Waals surface area contributed by atoms with Crippen molar-refractivity contribution < 1.29 is 14.3 Å². The molecule has 184 valence electrons. The van der Waals surface area contributed by atoms with Gasteiger partial charge in [0.25, 0.3) is 5.91 Å². The summed E-state index contributed by atoms with van der Waals surface area (Å²) in [5, 5.41) is 1.05. The van der Waals surface area contributed by atoms with Crippen molar-refractivity contribution in [2.45, 2.75) is 59.0 Å². The van der Waals surface area contributed by atoms with E-state index in [1.807, 2.05) is 12.1 Å². The van der Waals surface area contributed by atoms with Crippen LogP contribution in [0, 0.1) is 16.7 Å². The number of carbonyl (C=O) groups is 1. The number of methoxy groups -OCH3 is 1. The third kappa shape index (κ3) is 3.17. The van der Waals surface area contributed by atoms with Crippen molar-refractivity contribution in [1.29, 1.82) is 0 Å². The first-order valence-electron chi connectivity index (χ1n) is 13.1. The number of morpholine rings is 1. The van der Waals surface area contributed by atoms with E-state index < -0.39 is 0 Å². The Hall–Kier alpha value is -2.05. The Bertz CT molecular complexity index is 1110. The summed E-state index contributed by atoms with van der Waals surface area (Å²) in [7, 11) is 1.74. The summed E-state index contributed by atoms with van der Waals surface area (Å²) in [5.74, 6) is 1.82. The Morgan fingerprint density at radius 1 is 1.12 bits per heavy atom. The number of aromatic nitrogens is 1. The Labute approximate surface area is 203 Å². The molecular weight excluding hydrogens is 426 g/mol. The molecule has 2 saturated carbocycles. The average Bonchev–Trinajstić information content (AvgIpc) is 3.44. The number of ether oxygens (including phenoxy) is 2. The molecule has 3 fully saturated rings. The van der Waals surface area contributed by atoms with Crippen molar-refractivity contribution >= 4 is 16.8 Å². The summed E-state index contributed by atoms with van der Waals surface area (Å²) in [4.78, 5) is 19.0. The van der Waals surface area contributed by atoms with Crippen LogP contribution in [0.5, 0.6) is 5.75 Å². The lowest BCUT2D eigenvalue weighted by molar-refractivity contribution is 0.00466. The highest BCUT2D eigenvalue weighted by Gasteiger charge is 2.62. The predicted octanol–water partition coefficient (Wildman–Crippen LogP) is 4.20. The first-order chi connectivity index (χ1) is 16.3. The fourth-order valence-corrected chi connectivity index (χ4v) is 8.18. The van der Waals surface area contributed by atoms with E-state index in [0.717, 1.165) is 80.5 Å². The van der Waals surface area contributed by atoms with Crippen LogP contribution in [-0.4, -0.2) is 72.8 Å². The minimum atomic E-state index is 0.173. The van der Waals surface area contributed by atoms with E-state index in [-0.39, 0.29) is 16.7 Å². The van der Waals surface area contributed by atoms with Gasteiger partial charge in [0, 0.05) is 56.3 Å². The largest absolute Gasteiger partial charge is 0.495 e. The quantitative estimate of drug-likeness (QED) is 0.664. The number of benzene rings is 1. The van der Waals surface area contributed by atoms with Gasteiger partial charge in [0.15, 0.2) is 0 Å². The fourth-order valence-electron chi connectivity index (χ4n) is 8.18. The molecule has 6 rings (SSSR count). The van der Waals surface area contributed by atoms with Crippen molar-refractivity contribution in [3.05, 3.63) is 29.5 Å². The van der Waals surface area contributed by atoms with Crippen LogP contribution in [0.4, 0.5) is 0 Å². The normalized spacial score (nSPS) is 30.8. The number of rotatable bonds is 5. The van der Waals surface area contributed by atoms with E-state index in [2.05, 4.69) is 41.2 Å². The molecule has 2 aliphatic heterocycles. The first kappa shape index (κ1) is 22.4. The second kappa shape index (κ2) is 7.99. The molecule has 2 bridgehead atoms. The van der Waals surface area contributed by atoms with Crippen LogP contribution in [0.15, 0.2) is 18.2 Å². The van der Waals surface area contributed by atoms with Gasteiger partial charge in [-0.25, -0.2) is 0 Å². The molecule has 3 atom stereocenters. The molecule has 2 aliphatic carbocycles. The van der Waals surface area contributed by atoms with Crippen LogP contribution in [-0.2, 0) is 17.7 Å². The molecule has 4 aliphatic rings. The summed E-state index contributed by atoms with van der Waals surface area (Å²) in [6.45, 7) is 13.5. The number of hydrogen-bond acceptors (Lipinski definition) is 4. The molecule has 3 heterocycles. The lowest BCUT2D eigenvalue weighted by Crippen LogP contribution is -2.56. The molecule has 0 N–H and O–H groups in total. The van der Waals surface area contributed by atoms with Crippen LogP contribution < -0.4 is 4.74 Å². The number of nitrogens with zero attached hydrogens (tertiary/aromatic N) is 3. The number of hydrogen-bond donors (Lipinski definition) is 0. The van der Waals surface area contributed by atoms with E-state index in [1.54, 1.807) is 7.11 Å². The van der Waals surface area contributed by atoms with Crippen LogP contribution in [0.25, 0.3) is 10.9 Å².